The van der Waals surface area contributed by atoms with Crippen LogP contribution in [0, 0.1) is 0 Å². The molecule has 4 rings (SSSR count). The molecular formula is C24H28F3N5O2S. The molecule has 0 aromatic heterocycles. The average molecular weight is 508 g/mol. The highest BCUT2D eigenvalue weighted by atomic mass is 32.2. The fourth-order valence-electron chi connectivity index (χ4n) is 4.42. The van der Waals surface area contributed by atoms with E-state index in [0.717, 1.165) is 37.3 Å². The summed E-state index contributed by atoms with van der Waals surface area (Å²) in [4.78, 5) is 29.3. The average Bonchev–Trinajstić information content (AvgIpc) is 3.44. The fraction of sp³-hybridized carbons (Fsp3) is 0.417. The Bertz CT molecular complexity index is 1120. The first-order valence-corrected chi connectivity index (χ1v) is 12.5. The molecule has 7 nitrogen and oxygen atoms in total. The number of carbonyl (C=O) groups excluding carboxylic acids is 2. The highest BCUT2D eigenvalue weighted by molar-refractivity contribution is 7.98. The van der Waals surface area contributed by atoms with Crippen LogP contribution in [0.1, 0.15) is 27.9 Å². The van der Waals surface area contributed by atoms with Crippen molar-refractivity contribution >= 4 is 35.1 Å². The number of amides is 3. The van der Waals surface area contributed by atoms with Crippen LogP contribution < -0.4 is 15.6 Å². The lowest BCUT2D eigenvalue weighted by molar-refractivity contribution is -0.139. The van der Waals surface area contributed by atoms with E-state index in [1.807, 2.05) is 19.1 Å². The van der Waals surface area contributed by atoms with E-state index in [-0.39, 0.29) is 23.0 Å². The van der Waals surface area contributed by atoms with Crippen molar-refractivity contribution < 1.29 is 22.8 Å². The zero-order chi connectivity index (χ0) is 25.3. The number of urea groups is 1. The van der Waals surface area contributed by atoms with Crippen molar-refractivity contribution in [3.8, 4) is 0 Å². The summed E-state index contributed by atoms with van der Waals surface area (Å²) < 4.78 is 40.6. The van der Waals surface area contributed by atoms with E-state index in [1.54, 1.807) is 30.5 Å². The molecule has 0 spiro atoms. The van der Waals surface area contributed by atoms with Crippen LogP contribution in [0.3, 0.4) is 0 Å². The maximum Gasteiger partial charge on any atom is 0.417 e. The smallest absolute Gasteiger partial charge is 0.308 e. The third-order valence-corrected chi connectivity index (χ3v) is 7.15. The van der Waals surface area contributed by atoms with Crippen LogP contribution in [0.5, 0.6) is 0 Å². The molecule has 1 saturated heterocycles. The van der Waals surface area contributed by atoms with Gasteiger partial charge in [-0.25, -0.2) is 9.80 Å². The molecule has 2 heterocycles. The Kier molecular flexibility index (Phi) is 7.30. The van der Waals surface area contributed by atoms with Gasteiger partial charge in [0.15, 0.2) is 0 Å². The maximum absolute atomic E-state index is 13.5. The summed E-state index contributed by atoms with van der Waals surface area (Å²) in [6.07, 6.45) is -1.48. The molecule has 2 aromatic carbocycles. The summed E-state index contributed by atoms with van der Waals surface area (Å²) in [6, 6.07) is 8.89. The van der Waals surface area contributed by atoms with Crippen molar-refractivity contribution in [3.05, 3.63) is 53.1 Å². The zero-order valence-electron chi connectivity index (χ0n) is 19.8. The maximum atomic E-state index is 13.5. The minimum atomic E-state index is -4.51. The molecule has 0 aliphatic carbocycles. The van der Waals surface area contributed by atoms with Crippen molar-refractivity contribution in [2.24, 2.45) is 0 Å². The number of hydrogen-bond acceptors (Lipinski definition) is 5. The molecule has 35 heavy (non-hydrogen) atoms. The van der Waals surface area contributed by atoms with Crippen molar-refractivity contribution in [1.82, 2.24) is 15.3 Å². The number of likely N-dealkylation sites (N-methyl/N-ethyl adjacent to an activating group) is 1. The molecule has 1 unspecified atom stereocenters. The largest absolute Gasteiger partial charge is 0.417 e. The van der Waals surface area contributed by atoms with E-state index in [0.29, 0.717) is 29.3 Å². The van der Waals surface area contributed by atoms with Gasteiger partial charge in [0.25, 0.3) is 5.91 Å². The van der Waals surface area contributed by atoms with Crippen molar-refractivity contribution in [1.29, 1.82) is 0 Å². The van der Waals surface area contributed by atoms with Gasteiger partial charge in [0, 0.05) is 47.5 Å². The third kappa shape index (κ3) is 5.57. The molecule has 2 N–H and O–H groups in total. The Morgan fingerprint density at radius 2 is 1.91 bits per heavy atom. The van der Waals surface area contributed by atoms with Gasteiger partial charge in [-0.15, -0.1) is 11.8 Å². The standard InChI is InChI=1S/C24H28F3N5O2S/c1-30(2)18-8-9-31(14-18)29-22(33)16-5-4-6-17(11-16)28-23(34)32-10-7-15-12-21(35-3)19(13-20(15)32)24(25,26)27/h4-6,11-13,18H,7-10,14H2,1-3H3,(H,28,34)(H,29,33). The molecule has 1 fully saturated rings. The highest BCUT2D eigenvalue weighted by Gasteiger charge is 2.37. The molecule has 0 bridgehead atoms. The van der Waals surface area contributed by atoms with Crippen LogP contribution in [0.4, 0.5) is 29.3 Å². The Hall–Kier alpha value is -2.76. The van der Waals surface area contributed by atoms with Gasteiger partial charge in [0.1, 0.15) is 0 Å². The predicted molar refractivity (Wildman–Crippen MR) is 131 cm³/mol. The predicted octanol–water partition coefficient (Wildman–Crippen LogP) is 4.30. The number of nitrogens with one attached hydrogen (secondary N) is 2. The number of hydrogen-bond donors (Lipinski definition) is 2. The molecule has 1 atom stereocenters. The lowest BCUT2D eigenvalue weighted by atomic mass is 10.1. The Balaban J connectivity index is 1.46. The van der Waals surface area contributed by atoms with E-state index in [4.69, 9.17) is 0 Å². The number of thioether (sulfide) groups is 1. The number of nitrogens with zero attached hydrogens (tertiary/aromatic N) is 3. The van der Waals surface area contributed by atoms with E-state index in [1.165, 1.54) is 11.0 Å². The second kappa shape index (κ2) is 10.1. The van der Waals surface area contributed by atoms with Crippen LogP contribution in [0.25, 0.3) is 0 Å². The molecule has 188 valence electrons. The SMILES string of the molecule is CSc1cc2c(cc1C(F)(F)F)N(C(=O)Nc1cccc(C(=O)NN3CCC(N(C)C)C3)c1)CC2. The number of halogens is 3. The van der Waals surface area contributed by atoms with Crippen LogP contribution in [0.15, 0.2) is 41.3 Å². The Morgan fingerprint density at radius 1 is 1.14 bits per heavy atom. The minimum absolute atomic E-state index is 0.145. The first-order chi connectivity index (χ1) is 16.6. The van der Waals surface area contributed by atoms with Gasteiger partial charge in [-0.05, 0) is 69.1 Å². The van der Waals surface area contributed by atoms with E-state index < -0.39 is 17.8 Å². The highest BCUT2D eigenvalue weighted by Crippen LogP contribution is 2.42. The van der Waals surface area contributed by atoms with Gasteiger partial charge in [-0.3, -0.25) is 15.1 Å². The molecule has 0 radical (unpaired) electrons. The molecule has 3 amide bonds. The van der Waals surface area contributed by atoms with Gasteiger partial charge in [-0.1, -0.05) is 6.07 Å². The second-order valence-electron chi connectivity index (χ2n) is 8.88. The van der Waals surface area contributed by atoms with Gasteiger partial charge >= 0.3 is 12.2 Å². The van der Waals surface area contributed by atoms with Crippen molar-refractivity contribution in [3.63, 3.8) is 0 Å². The Labute approximate surface area is 206 Å². The lowest BCUT2D eigenvalue weighted by Crippen LogP contribution is -2.42. The number of rotatable bonds is 5. The van der Waals surface area contributed by atoms with Crippen LogP contribution in [-0.4, -0.2) is 67.9 Å². The summed E-state index contributed by atoms with van der Waals surface area (Å²) in [7, 11) is 4.01. The molecule has 2 aliphatic heterocycles. The summed E-state index contributed by atoms with van der Waals surface area (Å²) in [5.74, 6) is -0.286. The number of hydrazine groups is 1. The normalized spacial score (nSPS) is 18.1. The molecule has 2 aromatic rings. The van der Waals surface area contributed by atoms with E-state index in [2.05, 4.69) is 15.6 Å². The Morgan fingerprint density at radius 3 is 2.57 bits per heavy atom. The molecular weight excluding hydrogens is 479 g/mol. The summed E-state index contributed by atoms with van der Waals surface area (Å²) in [5, 5.41) is 4.60. The van der Waals surface area contributed by atoms with Gasteiger partial charge in [-0.2, -0.15) is 13.2 Å². The quantitative estimate of drug-likeness (QED) is 0.591. The number of alkyl halides is 3. The lowest BCUT2D eigenvalue weighted by Gasteiger charge is -2.21. The monoisotopic (exact) mass is 507 g/mol. The minimum Gasteiger partial charge on any atom is -0.308 e. The van der Waals surface area contributed by atoms with Crippen LogP contribution in [0.2, 0.25) is 0 Å². The summed E-state index contributed by atoms with van der Waals surface area (Å²) in [6.45, 7) is 1.75. The topological polar surface area (TPSA) is 67.9 Å². The van der Waals surface area contributed by atoms with Gasteiger partial charge < -0.3 is 10.2 Å². The van der Waals surface area contributed by atoms with Crippen molar-refractivity contribution in [2.45, 2.75) is 30.0 Å². The van der Waals surface area contributed by atoms with Crippen LogP contribution >= 0.6 is 11.8 Å². The number of carbonyl (C=O) groups is 2. The molecule has 2 aliphatic rings. The molecule has 11 heteroatoms. The second-order valence-corrected chi connectivity index (χ2v) is 9.73. The summed E-state index contributed by atoms with van der Waals surface area (Å²) >= 11 is 1.03. The first kappa shape index (κ1) is 25.3. The number of fused-ring (bicyclic) bond motifs is 1. The van der Waals surface area contributed by atoms with Gasteiger partial charge in [0.05, 0.1) is 5.56 Å². The third-order valence-electron chi connectivity index (χ3n) is 6.38. The number of anilines is 2. The molecule has 0 saturated carbocycles. The fourth-order valence-corrected chi connectivity index (χ4v) is 5.07. The van der Waals surface area contributed by atoms with E-state index in [9.17, 15) is 22.8 Å². The van der Waals surface area contributed by atoms with Crippen molar-refractivity contribution in [2.75, 3.05) is 50.2 Å². The number of benzene rings is 2. The van der Waals surface area contributed by atoms with E-state index >= 15 is 0 Å². The zero-order valence-corrected chi connectivity index (χ0v) is 20.6. The summed E-state index contributed by atoms with van der Waals surface area (Å²) in [5.41, 5.74) is 3.87. The van der Waals surface area contributed by atoms with Gasteiger partial charge in [0.2, 0.25) is 0 Å². The van der Waals surface area contributed by atoms with Crippen LogP contribution in [-0.2, 0) is 12.6 Å². The first-order valence-electron chi connectivity index (χ1n) is 11.3.